The molecule has 0 atom stereocenters. The molecule has 0 saturated heterocycles. The molecule has 5 heteroatoms. The van der Waals surface area contributed by atoms with Crippen LogP contribution < -0.4 is 5.32 Å². The first-order chi connectivity index (χ1) is 10.6. The lowest BCUT2D eigenvalue weighted by atomic mass is 9.74. The highest BCUT2D eigenvalue weighted by Crippen LogP contribution is 2.35. The molecule has 3 rings (SSSR count). The number of aliphatic carboxylic acids is 1. The first kappa shape index (κ1) is 14.6. The molecule has 0 bridgehead atoms. The van der Waals surface area contributed by atoms with Crippen molar-refractivity contribution in [3.05, 3.63) is 36.5 Å². The molecule has 1 fully saturated rings. The van der Waals surface area contributed by atoms with Crippen molar-refractivity contribution in [2.75, 3.05) is 0 Å². The number of aromatic nitrogens is 1. The van der Waals surface area contributed by atoms with Gasteiger partial charge in [0.1, 0.15) is 0 Å². The molecule has 1 aliphatic carbocycles. The second-order valence-corrected chi connectivity index (χ2v) is 6.07. The molecule has 116 valence electrons. The van der Waals surface area contributed by atoms with Gasteiger partial charge in [-0.05, 0) is 36.8 Å². The summed E-state index contributed by atoms with van der Waals surface area (Å²) in [6.45, 7) is 0.600. The third-order valence-corrected chi connectivity index (χ3v) is 4.46. The Kier molecular flexibility index (Phi) is 3.88. The average Bonchev–Trinajstić information content (AvgIpc) is 2.85. The number of fused-ring (bicyclic) bond motifs is 1. The number of aryl methyl sites for hydroxylation is 1. The molecule has 2 N–H and O–H groups in total. The number of carboxylic acids is 1. The number of nitrogens with one attached hydrogen (secondary N) is 1. The molecule has 1 heterocycles. The van der Waals surface area contributed by atoms with E-state index in [2.05, 4.69) is 9.88 Å². The maximum atomic E-state index is 12.1. The Morgan fingerprint density at radius 3 is 2.68 bits per heavy atom. The molecule has 2 aromatic rings. The van der Waals surface area contributed by atoms with Gasteiger partial charge in [-0.15, -0.1) is 0 Å². The lowest BCUT2D eigenvalue weighted by molar-refractivity contribution is -0.140. The van der Waals surface area contributed by atoms with Crippen LogP contribution in [-0.2, 0) is 16.1 Å². The number of carbonyl (C=O) groups excluding carboxylic acids is 1. The predicted octanol–water partition coefficient (Wildman–Crippen LogP) is 2.54. The maximum Gasteiger partial charge on any atom is 0.305 e. The van der Waals surface area contributed by atoms with Crippen molar-refractivity contribution in [2.24, 2.45) is 0 Å². The third kappa shape index (κ3) is 2.98. The summed E-state index contributed by atoms with van der Waals surface area (Å²) in [6.07, 6.45) is 4.87. The van der Waals surface area contributed by atoms with Crippen molar-refractivity contribution in [1.82, 2.24) is 9.88 Å². The van der Waals surface area contributed by atoms with Gasteiger partial charge in [-0.3, -0.25) is 9.59 Å². The molecular weight excluding hydrogens is 280 g/mol. The topological polar surface area (TPSA) is 71.3 Å². The average molecular weight is 300 g/mol. The van der Waals surface area contributed by atoms with Crippen LogP contribution in [-0.4, -0.2) is 27.1 Å². The Morgan fingerprint density at radius 1 is 1.23 bits per heavy atom. The van der Waals surface area contributed by atoms with E-state index in [9.17, 15) is 9.59 Å². The van der Waals surface area contributed by atoms with Crippen LogP contribution in [0, 0.1) is 0 Å². The van der Waals surface area contributed by atoms with Crippen molar-refractivity contribution in [3.8, 4) is 0 Å². The van der Waals surface area contributed by atoms with Crippen molar-refractivity contribution in [2.45, 2.75) is 44.2 Å². The molecule has 1 amide bonds. The number of nitrogens with zero attached hydrogens (tertiary/aromatic N) is 1. The minimum atomic E-state index is -0.851. The van der Waals surface area contributed by atoms with E-state index < -0.39 is 11.5 Å². The van der Waals surface area contributed by atoms with Crippen molar-refractivity contribution < 1.29 is 14.7 Å². The second-order valence-electron chi connectivity index (χ2n) is 6.07. The fourth-order valence-electron chi connectivity index (χ4n) is 3.15. The van der Waals surface area contributed by atoms with Gasteiger partial charge in [-0.2, -0.15) is 0 Å². The van der Waals surface area contributed by atoms with Gasteiger partial charge in [0.25, 0.3) is 0 Å². The molecule has 0 unspecified atom stereocenters. The largest absolute Gasteiger partial charge is 0.481 e. The fourth-order valence-corrected chi connectivity index (χ4v) is 3.15. The summed E-state index contributed by atoms with van der Waals surface area (Å²) in [5, 5.41) is 13.1. The molecule has 1 saturated carbocycles. The SMILES string of the molecule is O=C(O)CC1(NC(=O)CCn2ccc3ccccc32)CCC1. The smallest absolute Gasteiger partial charge is 0.305 e. The molecule has 1 aliphatic rings. The minimum Gasteiger partial charge on any atom is -0.481 e. The van der Waals surface area contributed by atoms with Crippen LogP contribution in [0.2, 0.25) is 0 Å². The normalized spacial score (nSPS) is 16.2. The Hall–Kier alpha value is -2.30. The summed E-state index contributed by atoms with van der Waals surface area (Å²) in [5.41, 5.74) is 0.598. The van der Waals surface area contributed by atoms with Crippen molar-refractivity contribution in [3.63, 3.8) is 0 Å². The number of benzene rings is 1. The highest BCUT2D eigenvalue weighted by atomic mass is 16.4. The van der Waals surface area contributed by atoms with E-state index in [0.29, 0.717) is 13.0 Å². The van der Waals surface area contributed by atoms with Gasteiger partial charge in [0.2, 0.25) is 5.91 Å². The summed E-state index contributed by atoms with van der Waals surface area (Å²) >= 11 is 0. The predicted molar refractivity (Wildman–Crippen MR) is 83.5 cm³/mol. The Labute approximate surface area is 128 Å². The molecule has 5 nitrogen and oxygen atoms in total. The fraction of sp³-hybridized carbons (Fsp3) is 0.412. The van der Waals surface area contributed by atoms with Gasteiger partial charge in [0, 0.05) is 24.7 Å². The van der Waals surface area contributed by atoms with Gasteiger partial charge in [-0.1, -0.05) is 18.2 Å². The summed E-state index contributed by atoms with van der Waals surface area (Å²) in [4.78, 5) is 23.1. The lowest BCUT2D eigenvalue weighted by Gasteiger charge is -2.41. The zero-order valence-electron chi connectivity index (χ0n) is 12.4. The van der Waals surface area contributed by atoms with Gasteiger partial charge >= 0.3 is 5.97 Å². The van der Waals surface area contributed by atoms with Crippen LogP contribution in [0.5, 0.6) is 0 Å². The summed E-state index contributed by atoms with van der Waals surface area (Å²) < 4.78 is 2.06. The molecule has 0 aliphatic heterocycles. The number of carbonyl (C=O) groups is 2. The molecule has 1 aromatic heterocycles. The van der Waals surface area contributed by atoms with E-state index in [0.717, 1.165) is 30.2 Å². The number of para-hydroxylation sites is 1. The number of rotatable bonds is 6. The standard InChI is InChI=1S/C17H20N2O3/c20-15(18-17(8-3-9-17)12-16(21)22)7-11-19-10-6-13-4-1-2-5-14(13)19/h1-2,4-6,10H,3,7-9,11-12H2,(H,18,20)(H,21,22). The maximum absolute atomic E-state index is 12.1. The highest BCUT2D eigenvalue weighted by molar-refractivity contribution is 5.81. The van der Waals surface area contributed by atoms with Crippen molar-refractivity contribution >= 4 is 22.8 Å². The van der Waals surface area contributed by atoms with Crippen LogP contribution in [0.1, 0.15) is 32.1 Å². The molecule has 0 spiro atoms. The van der Waals surface area contributed by atoms with Crippen LogP contribution in [0.3, 0.4) is 0 Å². The van der Waals surface area contributed by atoms with Crippen LogP contribution in [0.4, 0.5) is 0 Å². The van der Waals surface area contributed by atoms with E-state index in [1.54, 1.807) is 0 Å². The first-order valence-electron chi connectivity index (χ1n) is 7.65. The van der Waals surface area contributed by atoms with Gasteiger partial charge in [0.05, 0.1) is 12.0 Å². The van der Waals surface area contributed by atoms with E-state index in [1.807, 2.05) is 36.5 Å². The lowest BCUT2D eigenvalue weighted by Crippen LogP contribution is -2.54. The molecule has 1 aromatic carbocycles. The highest BCUT2D eigenvalue weighted by Gasteiger charge is 2.40. The van der Waals surface area contributed by atoms with E-state index >= 15 is 0 Å². The van der Waals surface area contributed by atoms with Gasteiger partial charge < -0.3 is 15.0 Å². The third-order valence-electron chi connectivity index (χ3n) is 4.46. The summed E-state index contributed by atoms with van der Waals surface area (Å²) in [5.74, 6) is -0.921. The number of amides is 1. The van der Waals surface area contributed by atoms with Crippen molar-refractivity contribution in [1.29, 1.82) is 0 Å². The second kappa shape index (κ2) is 5.83. The van der Waals surface area contributed by atoms with Crippen LogP contribution >= 0.6 is 0 Å². The van der Waals surface area contributed by atoms with Gasteiger partial charge in [0.15, 0.2) is 0 Å². The quantitative estimate of drug-likeness (QED) is 0.861. The van der Waals surface area contributed by atoms with E-state index in [4.69, 9.17) is 5.11 Å². The Morgan fingerprint density at radius 2 is 2.00 bits per heavy atom. The number of carboxylic acid groups (broad SMARTS) is 1. The zero-order valence-corrected chi connectivity index (χ0v) is 12.4. The monoisotopic (exact) mass is 300 g/mol. The minimum absolute atomic E-state index is 0.0190. The summed E-state index contributed by atoms with van der Waals surface area (Å²) in [6, 6.07) is 10.1. The summed E-state index contributed by atoms with van der Waals surface area (Å²) in [7, 11) is 0. The zero-order chi connectivity index (χ0) is 15.6. The van der Waals surface area contributed by atoms with E-state index in [1.165, 1.54) is 0 Å². The molecular formula is C17H20N2O3. The van der Waals surface area contributed by atoms with Gasteiger partial charge in [-0.25, -0.2) is 0 Å². The van der Waals surface area contributed by atoms with Crippen LogP contribution in [0.25, 0.3) is 10.9 Å². The number of hydrogen-bond acceptors (Lipinski definition) is 2. The molecule has 22 heavy (non-hydrogen) atoms. The Balaban J connectivity index is 1.59. The first-order valence-corrected chi connectivity index (χ1v) is 7.65. The molecule has 0 radical (unpaired) electrons. The van der Waals surface area contributed by atoms with E-state index in [-0.39, 0.29) is 12.3 Å². The Bertz CT molecular complexity index is 701. The van der Waals surface area contributed by atoms with Crippen LogP contribution in [0.15, 0.2) is 36.5 Å². The number of hydrogen-bond donors (Lipinski definition) is 2.